The number of ether oxygens (including phenoxy) is 2. The summed E-state index contributed by atoms with van der Waals surface area (Å²) in [5.74, 6) is -0.487. The maximum absolute atomic E-state index is 11.7. The van der Waals surface area contributed by atoms with E-state index in [0.29, 0.717) is 22.3 Å². The van der Waals surface area contributed by atoms with Crippen LogP contribution in [0.1, 0.15) is 34.6 Å². The van der Waals surface area contributed by atoms with Crippen molar-refractivity contribution >= 4 is 23.1 Å². The third-order valence-corrected chi connectivity index (χ3v) is 5.05. The molecule has 0 unspecified atom stereocenters. The van der Waals surface area contributed by atoms with Crippen LogP contribution in [0, 0.1) is 0 Å². The molecule has 202 valence electrons. The molecule has 0 aliphatic rings. The molecule has 0 aliphatic heterocycles. The van der Waals surface area contributed by atoms with Crippen LogP contribution >= 0.6 is 0 Å². The lowest BCUT2D eigenvalue weighted by atomic mass is 10.2. The van der Waals surface area contributed by atoms with Gasteiger partial charge in [-0.05, 0) is 62.4 Å². The van der Waals surface area contributed by atoms with Crippen LogP contribution in [0.5, 0.6) is 11.5 Å². The van der Waals surface area contributed by atoms with E-state index in [1.54, 1.807) is 32.5 Å². The fraction of sp³-hybridized carbons (Fsp3) is 0.269. The van der Waals surface area contributed by atoms with Crippen molar-refractivity contribution in [2.75, 3.05) is 7.11 Å². The highest BCUT2D eigenvalue weighted by atomic mass is 16.5. The monoisotopic (exact) mass is 526 g/mol. The Bertz CT molecular complexity index is 1510. The van der Waals surface area contributed by atoms with Crippen molar-refractivity contribution in [2.45, 2.75) is 20.0 Å². The van der Waals surface area contributed by atoms with Gasteiger partial charge in [0.1, 0.15) is 11.5 Å². The molecular formula is C26H30N4O8. The zero-order valence-corrected chi connectivity index (χ0v) is 21.9. The Morgan fingerprint density at radius 1 is 0.816 bits per heavy atom. The maximum Gasteiger partial charge on any atom is 0.338 e. The van der Waals surface area contributed by atoms with Crippen LogP contribution in [0.3, 0.4) is 0 Å². The molecule has 0 bridgehead atoms. The Morgan fingerprint density at radius 3 is 1.74 bits per heavy atom. The van der Waals surface area contributed by atoms with Gasteiger partial charge in [0.25, 0.3) is 5.56 Å². The number of methoxy groups -OCH3 is 1. The first kappa shape index (κ1) is 29.4. The van der Waals surface area contributed by atoms with Gasteiger partial charge < -0.3 is 24.3 Å². The van der Waals surface area contributed by atoms with Crippen LogP contribution in [0.15, 0.2) is 64.4 Å². The predicted molar refractivity (Wildman–Crippen MR) is 139 cm³/mol. The maximum atomic E-state index is 11.7. The second-order valence-corrected chi connectivity index (χ2v) is 8.27. The minimum atomic E-state index is -0.398. The zero-order valence-electron chi connectivity index (χ0n) is 21.9. The number of hydrogen-bond donors (Lipinski definition) is 2. The standard InChI is InChI=1S/C10H12O3.C8H10N4O2.C8H8O3/c1-7(2)13-10(12)8-3-5-9(11)6-4-8;1-10-4-9-6-5(10)7(13)12(3)8(14)11(6)2;1-11-8(10)6-2-4-7(9)5-3-6/h3-7,11H,1-2H3;4H,1-3H3;2-5,9H,1H3. The number of aromatic hydroxyl groups is 2. The van der Waals surface area contributed by atoms with E-state index in [0.717, 1.165) is 4.57 Å². The number of benzene rings is 2. The van der Waals surface area contributed by atoms with E-state index in [1.807, 2.05) is 0 Å². The molecule has 0 atom stereocenters. The summed E-state index contributed by atoms with van der Waals surface area (Å²) in [6, 6.07) is 11.8. The average molecular weight is 527 g/mol. The number of carbonyl (C=O) groups excluding carboxylic acids is 2. The van der Waals surface area contributed by atoms with Gasteiger partial charge in [-0.3, -0.25) is 13.9 Å². The van der Waals surface area contributed by atoms with E-state index < -0.39 is 5.97 Å². The summed E-state index contributed by atoms with van der Waals surface area (Å²) in [6.45, 7) is 3.58. The molecule has 0 spiro atoms. The second-order valence-electron chi connectivity index (χ2n) is 8.27. The summed E-state index contributed by atoms with van der Waals surface area (Å²) in [6.07, 6.45) is 1.40. The number of nitrogens with zero attached hydrogens (tertiary/aromatic N) is 4. The van der Waals surface area contributed by atoms with Crippen molar-refractivity contribution < 1.29 is 29.3 Å². The molecular weight excluding hydrogens is 496 g/mol. The third kappa shape index (κ3) is 7.32. The first-order valence-corrected chi connectivity index (χ1v) is 11.3. The fourth-order valence-electron chi connectivity index (χ4n) is 3.07. The van der Waals surface area contributed by atoms with Crippen molar-refractivity contribution in [3.8, 4) is 11.5 Å². The average Bonchev–Trinajstić information content (AvgIpc) is 3.28. The van der Waals surface area contributed by atoms with Gasteiger partial charge in [-0.2, -0.15) is 0 Å². The lowest BCUT2D eigenvalue weighted by molar-refractivity contribution is 0.0377. The number of fused-ring (bicyclic) bond motifs is 1. The number of carbonyl (C=O) groups is 2. The van der Waals surface area contributed by atoms with Crippen LogP contribution in [0.4, 0.5) is 0 Å². The molecule has 4 aromatic rings. The van der Waals surface area contributed by atoms with Gasteiger partial charge in [0.05, 0.1) is 30.7 Å². The summed E-state index contributed by atoms with van der Waals surface area (Å²) < 4.78 is 13.5. The Kier molecular flexibility index (Phi) is 9.97. The molecule has 0 aliphatic carbocycles. The van der Waals surface area contributed by atoms with E-state index in [-0.39, 0.29) is 34.8 Å². The fourth-order valence-corrected chi connectivity index (χ4v) is 3.07. The first-order chi connectivity index (χ1) is 17.9. The molecule has 4 rings (SSSR count). The van der Waals surface area contributed by atoms with E-state index >= 15 is 0 Å². The Hall–Kier alpha value is -4.87. The molecule has 0 radical (unpaired) electrons. The number of aromatic nitrogens is 4. The quantitative estimate of drug-likeness (QED) is 0.382. The van der Waals surface area contributed by atoms with Crippen molar-refractivity contribution in [1.82, 2.24) is 18.7 Å². The van der Waals surface area contributed by atoms with E-state index in [2.05, 4.69) is 9.72 Å². The summed E-state index contributed by atoms with van der Waals surface area (Å²) >= 11 is 0. The van der Waals surface area contributed by atoms with E-state index in [9.17, 15) is 19.2 Å². The number of rotatable bonds is 3. The molecule has 0 saturated heterocycles. The van der Waals surface area contributed by atoms with Crippen molar-refractivity contribution in [3.63, 3.8) is 0 Å². The molecule has 2 N–H and O–H groups in total. The van der Waals surface area contributed by atoms with Crippen molar-refractivity contribution in [3.05, 3.63) is 86.8 Å². The Labute approximate surface area is 217 Å². The molecule has 0 amide bonds. The van der Waals surface area contributed by atoms with Crippen LogP contribution < -0.4 is 11.2 Å². The van der Waals surface area contributed by atoms with Crippen LogP contribution in [-0.4, -0.2) is 54.1 Å². The number of aryl methyl sites for hydroxylation is 2. The SMILES string of the molecule is CC(C)OC(=O)c1ccc(O)cc1.COC(=O)c1ccc(O)cc1.Cn1c(=O)c2c(ncn2C)n(C)c1=O. The minimum Gasteiger partial charge on any atom is -0.508 e. The van der Waals surface area contributed by atoms with E-state index in [4.69, 9.17) is 14.9 Å². The van der Waals surface area contributed by atoms with Gasteiger partial charge in [0.15, 0.2) is 11.2 Å². The third-order valence-electron chi connectivity index (χ3n) is 5.05. The molecule has 2 aromatic heterocycles. The van der Waals surface area contributed by atoms with Crippen LogP contribution in [0.2, 0.25) is 0 Å². The summed E-state index contributed by atoms with van der Waals surface area (Å²) in [4.78, 5) is 49.2. The molecule has 2 aromatic carbocycles. The smallest absolute Gasteiger partial charge is 0.338 e. The van der Waals surface area contributed by atoms with Crippen molar-refractivity contribution in [1.29, 1.82) is 0 Å². The molecule has 0 saturated carbocycles. The lowest BCUT2D eigenvalue weighted by Gasteiger charge is -2.07. The normalized spacial score (nSPS) is 10.2. The van der Waals surface area contributed by atoms with Crippen LogP contribution in [-0.2, 0) is 30.6 Å². The predicted octanol–water partition coefficient (Wildman–Crippen LogP) is 2.11. The Morgan fingerprint density at radius 2 is 1.29 bits per heavy atom. The van der Waals surface area contributed by atoms with Gasteiger partial charge in [-0.25, -0.2) is 19.4 Å². The number of hydrogen-bond acceptors (Lipinski definition) is 9. The number of imidazole rings is 1. The van der Waals surface area contributed by atoms with Crippen molar-refractivity contribution in [2.24, 2.45) is 21.1 Å². The van der Waals surface area contributed by atoms with Gasteiger partial charge in [-0.15, -0.1) is 0 Å². The highest BCUT2D eigenvalue weighted by molar-refractivity contribution is 5.90. The molecule has 2 heterocycles. The first-order valence-electron chi connectivity index (χ1n) is 11.3. The number of phenolic OH excluding ortho intramolecular Hbond substituents is 2. The molecule has 38 heavy (non-hydrogen) atoms. The lowest BCUT2D eigenvalue weighted by Crippen LogP contribution is -2.37. The summed E-state index contributed by atoms with van der Waals surface area (Å²) in [5, 5.41) is 17.8. The molecule has 12 heteroatoms. The minimum absolute atomic E-state index is 0.124. The highest BCUT2D eigenvalue weighted by Gasteiger charge is 2.11. The molecule has 12 nitrogen and oxygen atoms in total. The number of esters is 2. The largest absolute Gasteiger partial charge is 0.508 e. The topological polar surface area (TPSA) is 155 Å². The zero-order chi connectivity index (χ0) is 28.6. The summed E-state index contributed by atoms with van der Waals surface area (Å²) in [5.41, 5.74) is 1.07. The molecule has 0 fully saturated rings. The van der Waals surface area contributed by atoms with Gasteiger partial charge in [-0.1, -0.05) is 0 Å². The number of phenols is 2. The van der Waals surface area contributed by atoms with Gasteiger partial charge in [0.2, 0.25) is 0 Å². The van der Waals surface area contributed by atoms with Crippen LogP contribution in [0.25, 0.3) is 11.2 Å². The Balaban J connectivity index is 0.000000202. The summed E-state index contributed by atoms with van der Waals surface area (Å²) in [7, 11) is 6.09. The van der Waals surface area contributed by atoms with Gasteiger partial charge >= 0.3 is 17.6 Å². The van der Waals surface area contributed by atoms with Gasteiger partial charge in [0, 0.05) is 21.1 Å². The van der Waals surface area contributed by atoms with E-state index in [1.165, 1.54) is 73.6 Å². The second kappa shape index (κ2) is 12.9. The highest BCUT2D eigenvalue weighted by Crippen LogP contribution is 2.11.